The summed E-state index contributed by atoms with van der Waals surface area (Å²) in [5.74, 6) is 2.09. The van der Waals surface area contributed by atoms with Gasteiger partial charge in [-0.1, -0.05) is 35.5 Å². The summed E-state index contributed by atoms with van der Waals surface area (Å²) in [6.07, 6.45) is 1.56. The number of benzene rings is 2. The average Bonchev–Trinajstić information content (AvgIpc) is 3.24. The van der Waals surface area contributed by atoms with Gasteiger partial charge in [0.15, 0.2) is 11.5 Å². The van der Waals surface area contributed by atoms with Gasteiger partial charge in [-0.05, 0) is 23.3 Å². The first kappa shape index (κ1) is 13.9. The van der Waals surface area contributed by atoms with E-state index in [0.717, 1.165) is 35.4 Å². The first-order chi connectivity index (χ1) is 11.3. The van der Waals surface area contributed by atoms with Crippen LogP contribution in [0.2, 0.25) is 0 Å². The molecule has 0 radical (unpaired) electrons. The van der Waals surface area contributed by atoms with Gasteiger partial charge in [0, 0.05) is 12.8 Å². The summed E-state index contributed by atoms with van der Waals surface area (Å²) in [6, 6.07) is 14.1. The van der Waals surface area contributed by atoms with Gasteiger partial charge < -0.3 is 19.0 Å². The predicted octanol–water partition coefficient (Wildman–Crippen LogP) is 3.16. The molecule has 2 aliphatic rings. The van der Waals surface area contributed by atoms with Gasteiger partial charge in [-0.2, -0.15) is 0 Å². The maximum absolute atomic E-state index is 5.59. The summed E-state index contributed by atoms with van der Waals surface area (Å²) < 4.78 is 16.3. The number of ether oxygens (including phenoxy) is 3. The fourth-order valence-electron chi connectivity index (χ4n) is 2.90. The Morgan fingerprint density at radius 1 is 1.17 bits per heavy atom. The Bertz CT molecular complexity index is 742. The third-order valence-corrected chi connectivity index (χ3v) is 4.02. The van der Waals surface area contributed by atoms with Crippen LogP contribution in [-0.4, -0.2) is 25.7 Å². The van der Waals surface area contributed by atoms with Crippen LogP contribution in [-0.2, 0) is 11.3 Å². The van der Waals surface area contributed by atoms with Gasteiger partial charge in [-0.25, -0.2) is 0 Å². The van der Waals surface area contributed by atoms with E-state index >= 15 is 0 Å². The highest BCUT2D eigenvalue weighted by Gasteiger charge is 2.25. The Kier molecular flexibility index (Phi) is 3.54. The molecule has 4 rings (SSSR count). The van der Waals surface area contributed by atoms with E-state index in [1.54, 1.807) is 7.11 Å². The lowest BCUT2D eigenvalue weighted by Crippen LogP contribution is -2.12. The van der Waals surface area contributed by atoms with Gasteiger partial charge in [-0.15, -0.1) is 0 Å². The molecule has 5 heteroatoms. The molecule has 23 heavy (non-hydrogen) atoms. The van der Waals surface area contributed by atoms with Crippen LogP contribution in [0.1, 0.15) is 17.5 Å². The Morgan fingerprint density at radius 2 is 2.04 bits per heavy atom. The highest BCUT2D eigenvalue weighted by Crippen LogP contribution is 2.42. The zero-order chi connectivity index (χ0) is 15.6. The van der Waals surface area contributed by atoms with E-state index in [-0.39, 0.29) is 12.9 Å². The monoisotopic (exact) mass is 311 g/mol. The molecule has 0 amide bonds. The Hall–Kier alpha value is -2.69. The van der Waals surface area contributed by atoms with Gasteiger partial charge in [0.05, 0.1) is 12.8 Å². The normalized spacial score (nSPS) is 18.5. The number of hydrogen-bond acceptors (Lipinski definition) is 5. The van der Waals surface area contributed by atoms with Crippen molar-refractivity contribution >= 4 is 5.71 Å². The van der Waals surface area contributed by atoms with E-state index < -0.39 is 0 Å². The summed E-state index contributed by atoms with van der Waals surface area (Å²) >= 11 is 0. The Morgan fingerprint density at radius 3 is 2.87 bits per heavy atom. The fourth-order valence-corrected chi connectivity index (χ4v) is 2.90. The van der Waals surface area contributed by atoms with Crippen LogP contribution in [0.5, 0.6) is 17.2 Å². The Labute approximate surface area is 134 Å². The highest BCUT2D eigenvalue weighted by molar-refractivity contribution is 6.01. The molecule has 2 heterocycles. The summed E-state index contributed by atoms with van der Waals surface area (Å²) in [7, 11) is 1.63. The lowest BCUT2D eigenvalue weighted by atomic mass is 10.00. The number of rotatable bonds is 4. The highest BCUT2D eigenvalue weighted by atomic mass is 16.7. The first-order valence-corrected chi connectivity index (χ1v) is 7.58. The number of nitrogens with zero attached hydrogens (tertiary/aromatic N) is 1. The van der Waals surface area contributed by atoms with Crippen LogP contribution in [0.3, 0.4) is 0 Å². The van der Waals surface area contributed by atoms with Crippen LogP contribution in [0.25, 0.3) is 0 Å². The largest absolute Gasteiger partial charge is 0.493 e. The van der Waals surface area contributed by atoms with Crippen LogP contribution in [0.4, 0.5) is 0 Å². The van der Waals surface area contributed by atoms with E-state index in [2.05, 4.69) is 5.16 Å². The van der Waals surface area contributed by atoms with Crippen molar-refractivity contribution in [2.75, 3.05) is 13.9 Å². The zero-order valence-corrected chi connectivity index (χ0v) is 12.8. The second-order valence-corrected chi connectivity index (χ2v) is 5.57. The number of fused-ring (bicyclic) bond motifs is 1. The fraction of sp³-hybridized carbons (Fsp3) is 0.278. The molecule has 2 aliphatic heterocycles. The summed E-state index contributed by atoms with van der Waals surface area (Å²) in [5, 5.41) is 4.23. The predicted molar refractivity (Wildman–Crippen MR) is 85.3 cm³/mol. The van der Waals surface area contributed by atoms with Crippen molar-refractivity contribution in [2.24, 2.45) is 5.16 Å². The summed E-state index contributed by atoms with van der Waals surface area (Å²) in [6.45, 7) is 0.232. The number of methoxy groups -OCH3 is 1. The molecule has 0 fully saturated rings. The zero-order valence-electron chi connectivity index (χ0n) is 12.8. The molecule has 0 bridgehead atoms. The quantitative estimate of drug-likeness (QED) is 0.870. The first-order valence-electron chi connectivity index (χ1n) is 7.58. The van der Waals surface area contributed by atoms with Crippen LogP contribution in [0, 0.1) is 0 Å². The van der Waals surface area contributed by atoms with Gasteiger partial charge in [0.25, 0.3) is 0 Å². The van der Waals surface area contributed by atoms with Gasteiger partial charge >= 0.3 is 0 Å². The number of hydrogen-bond donors (Lipinski definition) is 0. The van der Waals surface area contributed by atoms with Crippen molar-refractivity contribution in [3.63, 3.8) is 0 Å². The minimum Gasteiger partial charge on any atom is -0.493 e. The van der Waals surface area contributed by atoms with Gasteiger partial charge in [0.2, 0.25) is 12.5 Å². The molecule has 5 nitrogen and oxygen atoms in total. The Balaban J connectivity index is 1.48. The second kappa shape index (κ2) is 5.83. The van der Waals surface area contributed by atoms with Crippen LogP contribution in [0.15, 0.2) is 47.6 Å². The molecular weight excluding hydrogens is 294 g/mol. The molecule has 0 aromatic heterocycles. The third kappa shape index (κ3) is 2.70. The van der Waals surface area contributed by atoms with Crippen molar-refractivity contribution in [1.29, 1.82) is 0 Å². The van der Waals surface area contributed by atoms with Crippen molar-refractivity contribution in [3.05, 3.63) is 53.6 Å². The van der Waals surface area contributed by atoms with E-state index in [4.69, 9.17) is 19.0 Å². The maximum Gasteiger partial charge on any atom is 0.231 e. The van der Waals surface area contributed by atoms with Gasteiger partial charge in [0.1, 0.15) is 6.10 Å². The third-order valence-electron chi connectivity index (χ3n) is 4.02. The molecule has 118 valence electrons. The van der Waals surface area contributed by atoms with Crippen LogP contribution < -0.4 is 14.2 Å². The molecule has 2 aromatic rings. The van der Waals surface area contributed by atoms with E-state index in [0.29, 0.717) is 11.5 Å². The molecule has 0 saturated carbocycles. The molecule has 1 atom stereocenters. The lowest BCUT2D eigenvalue weighted by molar-refractivity contribution is 0.0858. The van der Waals surface area contributed by atoms with Crippen molar-refractivity contribution in [1.82, 2.24) is 0 Å². The van der Waals surface area contributed by atoms with Gasteiger partial charge in [-0.3, -0.25) is 0 Å². The topological polar surface area (TPSA) is 49.3 Å². The van der Waals surface area contributed by atoms with E-state index in [9.17, 15) is 0 Å². The molecule has 0 spiro atoms. The van der Waals surface area contributed by atoms with Crippen LogP contribution >= 0.6 is 0 Å². The maximum atomic E-state index is 5.59. The molecule has 0 saturated heterocycles. The number of oxime groups is 1. The summed E-state index contributed by atoms with van der Waals surface area (Å²) in [5.41, 5.74) is 3.18. The van der Waals surface area contributed by atoms with Crippen molar-refractivity contribution < 1.29 is 19.0 Å². The standard InChI is InChI=1S/C18H17NO4/c1-20-16-8-12(9-17-18(16)22-11-21-17)7-14-10-15(19-23-14)13-5-3-2-4-6-13/h2-6,8-9,14H,7,10-11H2,1H3/t14-/m1/s1. The SMILES string of the molecule is COc1cc(C[C@@H]2CC(c3ccccc3)=NO2)cc2c1OCO2. The summed E-state index contributed by atoms with van der Waals surface area (Å²) in [4.78, 5) is 5.59. The minimum absolute atomic E-state index is 0.0234. The van der Waals surface area contributed by atoms with Crippen molar-refractivity contribution in [2.45, 2.75) is 18.9 Å². The molecule has 0 aliphatic carbocycles. The van der Waals surface area contributed by atoms with E-state index in [1.807, 2.05) is 42.5 Å². The van der Waals surface area contributed by atoms with E-state index in [1.165, 1.54) is 0 Å². The molecule has 0 unspecified atom stereocenters. The molecule has 2 aromatic carbocycles. The molecule has 0 N–H and O–H groups in total. The smallest absolute Gasteiger partial charge is 0.231 e. The van der Waals surface area contributed by atoms with Crippen molar-refractivity contribution in [3.8, 4) is 17.2 Å². The minimum atomic E-state index is 0.0234. The second-order valence-electron chi connectivity index (χ2n) is 5.57. The molecular formula is C18H17NO4. The average molecular weight is 311 g/mol. The lowest BCUT2D eigenvalue weighted by Gasteiger charge is -2.11.